The Bertz CT molecular complexity index is 1080. The third-order valence-corrected chi connectivity index (χ3v) is 4.43. The van der Waals surface area contributed by atoms with E-state index >= 15 is 0 Å². The molecule has 3 aromatic rings. The molecule has 0 radical (unpaired) electrons. The molecular weight excluding hydrogens is 371 g/mol. The van der Waals surface area contributed by atoms with Gasteiger partial charge in [-0.25, -0.2) is 9.40 Å². The lowest BCUT2D eigenvalue weighted by Crippen LogP contribution is -2.35. The number of carbonyl (C=O) groups excluding carboxylic acids is 2. The maximum absolute atomic E-state index is 13.0. The highest BCUT2D eigenvalue weighted by Gasteiger charge is 2.34. The van der Waals surface area contributed by atoms with Gasteiger partial charge in [0.15, 0.2) is 0 Å². The molecule has 1 fully saturated rings. The van der Waals surface area contributed by atoms with Crippen molar-refractivity contribution in [1.82, 2.24) is 5.43 Å². The number of carbonyl (C=O) groups is 2. The Hall–Kier alpha value is -3.93. The summed E-state index contributed by atoms with van der Waals surface area (Å²) in [6, 6.07) is 22.0. The molecule has 0 aliphatic carbocycles. The molecule has 144 valence electrons. The van der Waals surface area contributed by atoms with E-state index in [0.29, 0.717) is 17.0 Å². The molecule has 0 bridgehead atoms. The lowest BCUT2D eigenvalue weighted by Gasteiger charge is -2.14. The fraction of sp³-hybridized carbons (Fsp3) is 0.0435. The van der Waals surface area contributed by atoms with Crippen molar-refractivity contribution in [2.75, 3.05) is 5.01 Å². The zero-order valence-corrected chi connectivity index (χ0v) is 15.3. The van der Waals surface area contributed by atoms with Crippen LogP contribution in [0.3, 0.4) is 0 Å². The minimum Gasteiger partial charge on any atom is -0.488 e. The number of ether oxygens (including phenoxy) is 1. The molecule has 0 aromatic heterocycles. The van der Waals surface area contributed by atoms with E-state index in [-0.39, 0.29) is 18.0 Å². The van der Waals surface area contributed by atoms with Gasteiger partial charge in [-0.15, -0.1) is 0 Å². The number of nitrogens with one attached hydrogen (secondary N) is 1. The molecule has 5 nitrogen and oxygen atoms in total. The number of nitrogens with zero attached hydrogens (tertiary/aromatic N) is 1. The van der Waals surface area contributed by atoms with Gasteiger partial charge in [-0.3, -0.25) is 15.0 Å². The van der Waals surface area contributed by atoms with E-state index < -0.39 is 11.8 Å². The highest BCUT2D eigenvalue weighted by atomic mass is 19.1. The number of benzene rings is 3. The maximum atomic E-state index is 13.0. The monoisotopic (exact) mass is 388 g/mol. The number of rotatable bonds is 5. The number of hydrogen-bond donors (Lipinski definition) is 1. The van der Waals surface area contributed by atoms with Crippen LogP contribution in [-0.4, -0.2) is 11.8 Å². The highest BCUT2D eigenvalue weighted by Crippen LogP contribution is 2.26. The second-order valence-corrected chi connectivity index (χ2v) is 6.43. The van der Waals surface area contributed by atoms with Crippen LogP contribution in [0.25, 0.3) is 6.08 Å². The summed E-state index contributed by atoms with van der Waals surface area (Å²) in [4.78, 5) is 25.1. The van der Waals surface area contributed by atoms with Gasteiger partial charge >= 0.3 is 0 Å². The summed E-state index contributed by atoms with van der Waals surface area (Å²) in [5.74, 6) is -0.711. The van der Waals surface area contributed by atoms with E-state index in [9.17, 15) is 14.0 Å². The smallest absolute Gasteiger partial charge is 0.282 e. The molecule has 1 N–H and O–H groups in total. The fourth-order valence-corrected chi connectivity index (χ4v) is 2.94. The van der Waals surface area contributed by atoms with Crippen LogP contribution in [0.5, 0.6) is 5.75 Å². The number of amides is 2. The molecule has 2 amide bonds. The number of hydrogen-bond acceptors (Lipinski definition) is 3. The number of para-hydroxylation sites is 2. The Kier molecular flexibility index (Phi) is 5.07. The van der Waals surface area contributed by atoms with Crippen LogP contribution in [-0.2, 0) is 16.2 Å². The molecule has 0 unspecified atom stereocenters. The second-order valence-electron chi connectivity index (χ2n) is 6.43. The van der Waals surface area contributed by atoms with Crippen LogP contribution >= 0.6 is 0 Å². The average molecular weight is 388 g/mol. The third kappa shape index (κ3) is 4.01. The van der Waals surface area contributed by atoms with Crippen molar-refractivity contribution < 1.29 is 18.7 Å². The van der Waals surface area contributed by atoms with Crippen LogP contribution in [0.15, 0.2) is 84.4 Å². The Morgan fingerprint density at radius 2 is 1.59 bits per heavy atom. The molecule has 0 saturated carbocycles. The van der Waals surface area contributed by atoms with Gasteiger partial charge in [-0.05, 0) is 42.0 Å². The van der Waals surface area contributed by atoms with Crippen LogP contribution in [0.1, 0.15) is 11.1 Å². The minimum atomic E-state index is -0.479. The van der Waals surface area contributed by atoms with Crippen LogP contribution in [0.2, 0.25) is 0 Å². The van der Waals surface area contributed by atoms with E-state index in [0.717, 1.165) is 5.56 Å². The molecule has 1 aliphatic heterocycles. The summed E-state index contributed by atoms with van der Waals surface area (Å²) in [6.07, 6.45) is 1.51. The molecule has 0 atom stereocenters. The van der Waals surface area contributed by atoms with Crippen molar-refractivity contribution in [2.24, 2.45) is 0 Å². The van der Waals surface area contributed by atoms with E-state index in [1.165, 1.54) is 23.2 Å². The lowest BCUT2D eigenvalue weighted by molar-refractivity contribution is -0.117. The van der Waals surface area contributed by atoms with E-state index in [1.54, 1.807) is 60.7 Å². The molecule has 4 rings (SSSR count). The first-order chi connectivity index (χ1) is 14.1. The SMILES string of the molecule is O=C1NN(c2ccccc2)C(=O)C1=Cc1ccccc1OCc1ccc(F)cc1. The average Bonchev–Trinajstić information content (AvgIpc) is 3.03. The van der Waals surface area contributed by atoms with Crippen molar-refractivity contribution in [3.8, 4) is 5.75 Å². The zero-order chi connectivity index (χ0) is 20.2. The van der Waals surface area contributed by atoms with Crippen LogP contribution in [0, 0.1) is 5.82 Å². The Morgan fingerprint density at radius 3 is 2.34 bits per heavy atom. The summed E-state index contributed by atoms with van der Waals surface area (Å²) in [5.41, 5.74) is 4.58. The lowest BCUT2D eigenvalue weighted by atomic mass is 10.1. The van der Waals surface area contributed by atoms with Crippen LogP contribution in [0.4, 0.5) is 10.1 Å². The molecule has 0 spiro atoms. The summed E-state index contributed by atoms with van der Waals surface area (Å²) in [7, 11) is 0. The Morgan fingerprint density at radius 1 is 0.897 bits per heavy atom. The van der Waals surface area contributed by atoms with Crippen molar-refractivity contribution in [2.45, 2.75) is 6.61 Å². The van der Waals surface area contributed by atoms with Gasteiger partial charge in [-0.2, -0.15) is 0 Å². The molecular formula is C23H17FN2O3. The normalized spacial score (nSPS) is 14.9. The van der Waals surface area contributed by atoms with E-state index in [2.05, 4.69) is 5.43 Å². The predicted octanol–water partition coefficient (Wildman–Crippen LogP) is 3.87. The first-order valence-electron chi connectivity index (χ1n) is 9.00. The van der Waals surface area contributed by atoms with Gasteiger partial charge in [-0.1, -0.05) is 48.5 Å². The molecule has 1 heterocycles. The first-order valence-corrected chi connectivity index (χ1v) is 9.00. The maximum Gasteiger partial charge on any atom is 0.282 e. The van der Waals surface area contributed by atoms with Gasteiger partial charge < -0.3 is 4.74 Å². The topological polar surface area (TPSA) is 58.6 Å². The minimum absolute atomic E-state index is 0.0201. The van der Waals surface area contributed by atoms with Crippen molar-refractivity contribution in [3.63, 3.8) is 0 Å². The Balaban J connectivity index is 1.57. The second kappa shape index (κ2) is 7.98. The third-order valence-electron chi connectivity index (χ3n) is 4.43. The van der Waals surface area contributed by atoms with Crippen molar-refractivity contribution in [3.05, 3.63) is 101 Å². The molecule has 1 saturated heterocycles. The van der Waals surface area contributed by atoms with Gasteiger partial charge in [0.1, 0.15) is 23.7 Å². The number of anilines is 1. The Labute approximate surface area is 167 Å². The standard InChI is InChI=1S/C23H17FN2O3/c24-18-12-10-16(11-13-18)15-29-21-9-5-4-6-17(21)14-20-22(27)25-26(23(20)28)19-7-2-1-3-8-19/h1-14H,15H2,(H,25,27). The predicted molar refractivity (Wildman–Crippen MR) is 107 cm³/mol. The summed E-state index contributed by atoms with van der Waals surface area (Å²) in [5, 5.41) is 1.22. The van der Waals surface area contributed by atoms with Crippen molar-refractivity contribution in [1.29, 1.82) is 0 Å². The van der Waals surface area contributed by atoms with Gasteiger partial charge in [0.05, 0.1) is 5.69 Å². The largest absolute Gasteiger partial charge is 0.488 e. The fourth-order valence-electron chi connectivity index (χ4n) is 2.94. The van der Waals surface area contributed by atoms with Crippen LogP contribution < -0.4 is 15.2 Å². The molecule has 6 heteroatoms. The van der Waals surface area contributed by atoms with Crippen molar-refractivity contribution >= 4 is 23.6 Å². The quantitative estimate of drug-likeness (QED) is 0.533. The number of halogens is 1. The summed E-state index contributed by atoms with van der Waals surface area (Å²) in [6.45, 7) is 0.233. The summed E-state index contributed by atoms with van der Waals surface area (Å²) >= 11 is 0. The van der Waals surface area contributed by atoms with E-state index in [4.69, 9.17) is 4.74 Å². The van der Waals surface area contributed by atoms with E-state index in [1.807, 2.05) is 6.07 Å². The first kappa shape index (κ1) is 18.4. The molecule has 3 aromatic carbocycles. The highest BCUT2D eigenvalue weighted by molar-refractivity contribution is 6.31. The van der Waals surface area contributed by atoms with Gasteiger partial charge in [0.25, 0.3) is 11.8 Å². The van der Waals surface area contributed by atoms with Gasteiger partial charge in [0, 0.05) is 5.56 Å². The molecule has 29 heavy (non-hydrogen) atoms. The number of hydrazine groups is 1. The van der Waals surface area contributed by atoms with Gasteiger partial charge in [0.2, 0.25) is 0 Å². The summed E-state index contributed by atoms with van der Waals surface area (Å²) < 4.78 is 18.9. The zero-order valence-electron chi connectivity index (χ0n) is 15.3. The molecule has 1 aliphatic rings.